The largest absolute Gasteiger partial charge is 0.452 e. The van der Waals surface area contributed by atoms with E-state index < -0.39 is 10.0 Å². The number of nitrogens with two attached hydrogens (primary N) is 1. The highest BCUT2D eigenvalue weighted by atomic mass is 79.9. The Kier molecular flexibility index (Phi) is 4.63. The Bertz CT molecular complexity index is 574. The van der Waals surface area contributed by atoms with E-state index in [1.165, 1.54) is 6.07 Å². The molecular weight excluding hydrogens is 344 g/mol. The van der Waals surface area contributed by atoms with Crippen molar-refractivity contribution >= 4 is 26.0 Å². The molecule has 1 aromatic rings. The van der Waals surface area contributed by atoms with Gasteiger partial charge in [0.2, 0.25) is 10.0 Å². The lowest BCUT2D eigenvalue weighted by atomic mass is 9.79. The lowest BCUT2D eigenvalue weighted by molar-refractivity contribution is 0.169. The molecule has 1 aromatic heterocycles. The van der Waals surface area contributed by atoms with Crippen molar-refractivity contribution in [2.24, 2.45) is 11.1 Å². The molecule has 2 heterocycles. The summed E-state index contributed by atoms with van der Waals surface area (Å²) in [5.41, 5.74) is 5.74. The smallest absolute Gasteiger partial charge is 0.247 e. The van der Waals surface area contributed by atoms with E-state index in [0.29, 0.717) is 18.8 Å². The fourth-order valence-corrected chi connectivity index (χ4v) is 4.84. The third-order valence-electron chi connectivity index (χ3n) is 4.31. The molecule has 0 saturated carbocycles. The minimum atomic E-state index is -3.50. The number of piperidine rings is 1. The number of rotatable bonds is 4. The first-order valence-corrected chi connectivity index (χ1v) is 9.04. The maximum Gasteiger partial charge on any atom is 0.247 e. The van der Waals surface area contributed by atoms with Crippen LogP contribution >= 0.6 is 15.9 Å². The zero-order chi connectivity index (χ0) is 15.0. The van der Waals surface area contributed by atoms with Crippen LogP contribution in [0, 0.1) is 5.41 Å². The molecule has 0 spiro atoms. The van der Waals surface area contributed by atoms with Gasteiger partial charge in [0, 0.05) is 19.2 Å². The van der Waals surface area contributed by atoms with Gasteiger partial charge in [-0.3, -0.25) is 0 Å². The summed E-state index contributed by atoms with van der Waals surface area (Å²) in [5, 5.41) is 0. The van der Waals surface area contributed by atoms with Crippen LogP contribution in [0.1, 0.15) is 38.9 Å². The van der Waals surface area contributed by atoms with E-state index in [1.807, 2.05) is 0 Å². The molecule has 1 aliphatic rings. The number of furan rings is 1. The molecule has 7 heteroatoms. The summed E-state index contributed by atoms with van der Waals surface area (Å²) in [5.74, 6) is 0.464. The highest BCUT2D eigenvalue weighted by Crippen LogP contribution is 2.37. The van der Waals surface area contributed by atoms with Gasteiger partial charge in [-0.2, -0.15) is 4.31 Å². The van der Waals surface area contributed by atoms with Crippen LogP contribution in [-0.2, 0) is 16.6 Å². The molecule has 5 nitrogen and oxygen atoms in total. The molecule has 114 valence electrons. The van der Waals surface area contributed by atoms with E-state index >= 15 is 0 Å². The third-order valence-corrected chi connectivity index (χ3v) is 7.06. The first-order chi connectivity index (χ1) is 9.32. The van der Waals surface area contributed by atoms with E-state index in [2.05, 4.69) is 29.8 Å². The lowest BCUT2D eigenvalue weighted by Gasteiger charge is -2.38. The molecule has 20 heavy (non-hydrogen) atoms. The van der Waals surface area contributed by atoms with E-state index in [4.69, 9.17) is 10.2 Å². The van der Waals surface area contributed by atoms with Gasteiger partial charge in [0.1, 0.15) is 10.7 Å². The maximum absolute atomic E-state index is 12.6. The highest BCUT2D eigenvalue weighted by Gasteiger charge is 2.36. The van der Waals surface area contributed by atoms with Crippen molar-refractivity contribution in [3.05, 3.63) is 16.5 Å². The van der Waals surface area contributed by atoms with Crippen LogP contribution in [-0.4, -0.2) is 25.8 Å². The summed E-state index contributed by atoms with van der Waals surface area (Å²) in [6.45, 7) is 5.67. The number of sulfonamides is 1. The Hall–Kier alpha value is -0.370. The van der Waals surface area contributed by atoms with Crippen LogP contribution < -0.4 is 5.73 Å². The second kappa shape index (κ2) is 5.79. The minimum absolute atomic E-state index is 0.179. The van der Waals surface area contributed by atoms with Crippen LogP contribution in [0.25, 0.3) is 0 Å². The van der Waals surface area contributed by atoms with Crippen molar-refractivity contribution in [3.8, 4) is 0 Å². The van der Waals surface area contributed by atoms with Gasteiger partial charge in [-0.1, -0.05) is 20.3 Å². The molecule has 1 aliphatic heterocycles. The molecule has 0 atom stereocenters. The van der Waals surface area contributed by atoms with Gasteiger partial charge in [-0.25, -0.2) is 8.42 Å². The Morgan fingerprint density at radius 3 is 2.50 bits per heavy atom. The van der Waals surface area contributed by atoms with E-state index in [1.54, 1.807) is 4.31 Å². The standard InChI is InChI=1S/C13H21BrN2O3S/c1-3-13(2)4-6-16(7-5-13)20(17,18)11-8-10(9-15)19-12(11)14/h8H,3-7,9,15H2,1-2H3. The molecule has 0 aliphatic carbocycles. The molecule has 0 bridgehead atoms. The summed E-state index contributed by atoms with van der Waals surface area (Å²) in [7, 11) is -3.50. The second-order valence-corrected chi connectivity index (χ2v) is 8.25. The normalized spacial score (nSPS) is 20.2. The molecule has 2 N–H and O–H groups in total. The zero-order valence-electron chi connectivity index (χ0n) is 11.9. The van der Waals surface area contributed by atoms with Crippen LogP contribution in [0.5, 0.6) is 0 Å². The summed E-state index contributed by atoms with van der Waals surface area (Å²) in [6.07, 6.45) is 2.86. The summed E-state index contributed by atoms with van der Waals surface area (Å²) >= 11 is 3.17. The quantitative estimate of drug-likeness (QED) is 0.890. The van der Waals surface area contributed by atoms with Crippen molar-refractivity contribution in [2.75, 3.05) is 13.1 Å². The van der Waals surface area contributed by atoms with Gasteiger partial charge in [0.25, 0.3) is 0 Å². The van der Waals surface area contributed by atoms with Crippen LogP contribution in [0.2, 0.25) is 0 Å². The van der Waals surface area contributed by atoms with Crippen molar-refractivity contribution in [2.45, 2.75) is 44.6 Å². The van der Waals surface area contributed by atoms with Gasteiger partial charge in [0.05, 0.1) is 6.54 Å². The molecule has 0 unspecified atom stereocenters. The number of halogens is 1. The van der Waals surface area contributed by atoms with E-state index in [9.17, 15) is 8.42 Å². The van der Waals surface area contributed by atoms with Gasteiger partial charge >= 0.3 is 0 Å². The Labute approximate surface area is 128 Å². The predicted octanol–water partition coefficient (Wildman–Crippen LogP) is 2.70. The lowest BCUT2D eigenvalue weighted by Crippen LogP contribution is -2.41. The Balaban J connectivity index is 2.21. The summed E-state index contributed by atoms with van der Waals surface area (Å²) < 4.78 is 32.3. The van der Waals surface area contributed by atoms with Crippen LogP contribution in [0.4, 0.5) is 0 Å². The Morgan fingerprint density at radius 2 is 2.05 bits per heavy atom. The van der Waals surface area contributed by atoms with Crippen molar-refractivity contribution < 1.29 is 12.8 Å². The molecule has 1 fully saturated rings. The predicted molar refractivity (Wildman–Crippen MR) is 80.7 cm³/mol. The van der Waals surface area contributed by atoms with Crippen molar-refractivity contribution in [3.63, 3.8) is 0 Å². The Morgan fingerprint density at radius 1 is 1.45 bits per heavy atom. The summed E-state index contributed by atoms with van der Waals surface area (Å²) in [4.78, 5) is 0.179. The minimum Gasteiger partial charge on any atom is -0.452 e. The third kappa shape index (κ3) is 2.95. The molecular formula is C13H21BrN2O3S. The van der Waals surface area contributed by atoms with Gasteiger partial charge in [0.15, 0.2) is 4.67 Å². The molecule has 0 radical (unpaired) electrons. The van der Waals surface area contributed by atoms with Gasteiger partial charge in [-0.15, -0.1) is 0 Å². The maximum atomic E-state index is 12.6. The fraction of sp³-hybridized carbons (Fsp3) is 0.692. The molecule has 1 saturated heterocycles. The zero-order valence-corrected chi connectivity index (χ0v) is 14.3. The van der Waals surface area contributed by atoms with E-state index in [-0.39, 0.29) is 21.5 Å². The fourth-order valence-electron chi connectivity index (χ4n) is 2.43. The molecule has 2 rings (SSSR count). The van der Waals surface area contributed by atoms with E-state index in [0.717, 1.165) is 19.3 Å². The van der Waals surface area contributed by atoms with Crippen molar-refractivity contribution in [1.29, 1.82) is 0 Å². The highest BCUT2D eigenvalue weighted by molar-refractivity contribution is 9.10. The first-order valence-electron chi connectivity index (χ1n) is 6.81. The number of nitrogens with zero attached hydrogens (tertiary/aromatic N) is 1. The number of hydrogen-bond acceptors (Lipinski definition) is 4. The van der Waals surface area contributed by atoms with Crippen LogP contribution in [0.15, 0.2) is 20.0 Å². The topological polar surface area (TPSA) is 76.5 Å². The SMILES string of the molecule is CCC1(C)CCN(S(=O)(=O)c2cc(CN)oc2Br)CC1. The molecule has 0 aromatic carbocycles. The van der Waals surface area contributed by atoms with Crippen molar-refractivity contribution in [1.82, 2.24) is 4.31 Å². The average molecular weight is 365 g/mol. The summed E-state index contributed by atoms with van der Waals surface area (Å²) in [6, 6.07) is 1.51. The average Bonchev–Trinajstić information content (AvgIpc) is 2.81. The molecule has 0 amide bonds. The monoisotopic (exact) mass is 364 g/mol. The number of hydrogen-bond donors (Lipinski definition) is 1. The van der Waals surface area contributed by atoms with Crippen LogP contribution in [0.3, 0.4) is 0 Å². The second-order valence-electron chi connectivity index (χ2n) is 5.62. The van der Waals surface area contributed by atoms with Gasteiger partial charge in [-0.05, 0) is 34.2 Å². The van der Waals surface area contributed by atoms with Gasteiger partial charge < -0.3 is 10.2 Å². The first kappa shape index (κ1) is 16.0.